The average molecular weight is 534 g/mol. The molecule has 7 nitrogen and oxygen atoms in total. The third kappa shape index (κ3) is 5.91. The first kappa shape index (κ1) is 26.1. The Morgan fingerprint density at radius 3 is 2.54 bits per heavy atom. The van der Waals surface area contributed by atoms with Crippen LogP contribution in [0.1, 0.15) is 23.6 Å². The van der Waals surface area contributed by atoms with Crippen LogP contribution in [-0.2, 0) is 11.4 Å². The molecule has 1 aliphatic rings. The van der Waals surface area contributed by atoms with Gasteiger partial charge in [-0.2, -0.15) is 5.26 Å². The van der Waals surface area contributed by atoms with Gasteiger partial charge in [0.25, 0.3) is 5.91 Å². The quantitative estimate of drug-likeness (QED) is 0.310. The molecule has 1 saturated heterocycles. The number of hydrogen-bond donors (Lipinski definition) is 0. The number of rotatable bonds is 8. The Hall–Kier alpha value is -3.93. The van der Waals surface area contributed by atoms with Crippen molar-refractivity contribution < 1.29 is 19.0 Å². The summed E-state index contributed by atoms with van der Waals surface area (Å²) in [6.45, 7) is 2.55. The Balaban J connectivity index is 1.59. The standard InChI is InChI=1S/C28H24ClN3O4S/c1-4-32-27(33)25(37-28(32)31-21-9-11-22(34-2)12-10-21)15-18-13-23(29)26(24(14-18)35-3)36-17-20-8-6-5-7-19(20)16-30/h5-15H,4,17H2,1-3H3/b25-15-,31-28?. The molecule has 188 valence electrons. The number of amidine groups is 1. The van der Waals surface area contributed by atoms with E-state index in [4.69, 9.17) is 25.8 Å². The normalized spacial score (nSPS) is 15.2. The maximum atomic E-state index is 13.1. The first-order chi connectivity index (χ1) is 18.0. The monoisotopic (exact) mass is 533 g/mol. The van der Waals surface area contributed by atoms with E-state index in [1.807, 2.05) is 43.3 Å². The summed E-state index contributed by atoms with van der Waals surface area (Å²) in [7, 11) is 3.13. The van der Waals surface area contributed by atoms with E-state index < -0.39 is 0 Å². The van der Waals surface area contributed by atoms with Crippen molar-refractivity contribution in [3.63, 3.8) is 0 Å². The molecule has 0 saturated carbocycles. The number of nitrogens with zero attached hydrogens (tertiary/aromatic N) is 3. The van der Waals surface area contributed by atoms with Crippen molar-refractivity contribution in [3.8, 4) is 23.3 Å². The van der Waals surface area contributed by atoms with Gasteiger partial charge in [-0.1, -0.05) is 29.8 Å². The van der Waals surface area contributed by atoms with Crippen LogP contribution in [0.25, 0.3) is 6.08 Å². The summed E-state index contributed by atoms with van der Waals surface area (Å²) in [4.78, 5) is 19.9. The fourth-order valence-electron chi connectivity index (χ4n) is 3.66. The van der Waals surface area contributed by atoms with Crippen LogP contribution in [0.3, 0.4) is 0 Å². The number of carbonyl (C=O) groups is 1. The lowest BCUT2D eigenvalue weighted by Crippen LogP contribution is -2.28. The second-order valence-corrected chi connectivity index (χ2v) is 9.26. The minimum Gasteiger partial charge on any atom is -0.497 e. The molecule has 0 atom stereocenters. The van der Waals surface area contributed by atoms with Crippen molar-refractivity contribution >= 4 is 46.2 Å². The van der Waals surface area contributed by atoms with E-state index in [1.165, 1.54) is 18.9 Å². The number of likely N-dealkylation sites (N-methyl/N-ethyl adjacent to an activating group) is 1. The van der Waals surface area contributed by atoms with Gasteiger partial charge in [-0.05, 0) is 72.8 Å². The van der Waals surface area contributed by atoms with Gasteiger partial charge in [0.15, 0.2) is 16.7 Å². The second-order valence-electron chi connectivity index (χ2n) is 7.84. The molecule has 1 fully saturated rings. The molecular formula is C28H24ClN3O4S. The van der Waals surface area contributed by atoms with Crippen LogP contribution in [-0.4, -0.2) is 36.7 Å². The summed E-state index contributed by atoms with van der Waals surface area (Å²) in [5.41, 5.74) is 2.68. The summed E-state index contributed by atoms with van der Waals surface area (Å²) in [5.74, 6) is 1.38. The fraction of sp³-hybridized carbons (Fsp3) is 0.179. The summed E-state index contributed by atoms with van der Waals surface area (Å²) >= 11 is 7.85. The summed E-state index contributed by atoms with van der Waals surface area (Å²) < 4.78 is 16.7. The number of thioether (sulfide) groups is 1. The van der Waals surface area contributed by atoms with E-state index in [9.17, 15) is 10.1 Å². The Kier molecular flexibility index (Phi) is 8.39. The summed E-state index contributed by atoms with van der Waals surface area (Å²) in [6.07, 6.45) is 1.76. The molecule has 0 bridgehead atoms. The Morgan fingerprint density at radius 2 is 1.86 bits per heavy atom. The maximum Gasteiger partial charge on any atom is 0.266 e. The zero-order valence-electron chi connectivity index (χ0n) is 20.5. The van der Waals surface area contributed by atoms with Crippen LogP contribution < -0.4 is 14.2 Å². The van der Waals surface area contributed by atoms with Crippen molar-refractivity contribution in [2.75, 3.05) is 20.8 Å². The van der Waals surface area contributed by atoms with E-state index >= 15 is 0 Å². The number of hydrogen-bond acceptors (Lipinski definition) is 7. The number of nitriles is 1. The fourth-order valence-corrected chi connectivity index (χ4v) is 4.99. The van der Waals surface area contributed by atoms with Gasteiger partial charge < -0.3 is 14.2 Å². The largest absolute Gasteiger partial charge is 0.497 e. The van der Waals surface area contributed by atoms with Gasteiger partial charge in [-0.3, -0.25) is 9.69 Å². The van der Waals surface area contributed by atoms with Crippen LogP contribution >= 0.6 is 23.4 Å². The highest BCUT2D eigenvalue weighted by Crippen LogP contribution is 2.40. The highest BCUT2D eigenvalue weighted by Gasteiger charge is 2.32. The molecule has 4 rings (SSSR count). The lowest BCUT2D eigenvalue weighted by Gasteiger charge is -2.14. The van der Waals surface area contributed by atoms with Gasteiger partial charge in [-0.25, -0.2) is 4.99 Å². The third-order valence-electron chi connectivity index (χ3n) is 5.56. The van der Waals surface area contributed by atoms with Crippen LogP contribution in [0.15, 0.2) is 70.6 Å². The number of aliphatic imine (C=N–C) groups is 1. The van der Waals surface area contributed by atoms with Crippen molar-refractivity contribution in [1.82, 2.24) is 4.90 Å². The zero-order chi connectivity index (χ0) is 26.4. The first-order valence-corrected chi connectivity index (χ1v) is 12.6. The zero-order valence-corrected chi connectivity index (χ0v) is 22.1. The lowest BCUT2D eigenvalue weighted by molar-refractivity contribution is -0.122. The van der Waals surface area contributed by atoms with E-state index in [0.29, 0.717) is 44.3 Å². The summed E-state index contributed by atoms with van der Waals surface area (Å²) in [5, 5.41) is 10.2. The maximum absolute atomic E-state index is 13.1. The molecule has 0 spiro atoms. The molecule has 0 N–H and O–H groups in total. The van der Waals surface area contributed by atoms with Gasteiger partial charge in [-0.15, -0.1) is 0 Å². The molecule has 37 heavy (non-hydrogen) atoms. The highest BCUT2D eigenvalue weighted by molar-refractivity contribution is 8.18. The first-order valence-electron chi connectivity index (χ1n) is 11.4. The smallest absolute Gasteiger partial charge is 0.266 e. The molecule has 3 aromatic rings. The molecule has 0 radical (unpaired) electrons. The molecule has 0 unspecified atom stereocenters. The van der Waals surface area contributed by atoms with Gasteiger partial charge in [0, 0.05) is 12.1 Å². The van der Waals surface area contributed by atoms with Gasteiger partial charge in [0.05, 0.1) is 41.5 Å². The topological polar surface area (TPSA) is 84.2 Å². The number of carbonyl (C=O) groups excluding carboxylic acids is 1. The van der Waals surface area contributed by atoms with Crippen LogP contribution in [0.4, 0.5) is 5.69 Å². The second kappa shape index (κ2) is 11.9. The highest BCUT2D eigenvalue weighted by atomic mass is 35.5. The predicted octanol–water partition coefficient (Wildman–Crippen LogP) is 6.43. The molecule has 3 aromatic carbocycles. The minimum atomic E-state index is -0.136. The average Bonchev–Trinajstić information content (AvgIpc) is 3.21. The molecule has 1 aliphatic heterocycles. The number of amides is 1. The van der Waals surface area contributed by atoms with Crippen LogP contribution in [0, 0.1) is 11.3 Å². The number of methoxy groups -OCH3 is 2. The number of benzene rings is 3. The third-order valence-corrected chi connectivity index (χ3v) is 6.85. The summed E-state index contributed by atoms with van der Waals surface area (Å²) in [6, 6.07) is 20.1. The SMILES string of the molecule is CCN1C(=O)/C(=C/c2cc(Cl)c(OCc3ccccc3C#N)c(OC)c2)SC1=Nc1ccc(OC)cc1. The lowest BCUT2D eigenvalue weighted by atomic mass is 10.1. The van der Waals surface area contributed by atoms with Gasteiger partial charge in [0.1, 0.15) is 12.4 Å². The van der Waals surface area contributed by atoms with Crippen molar-refractivity contribution in [2.24, 2.45) is 4.99 Å². The molecule has 0 aliphatic carbocycles. The van der Waals surface area contributed by atoms with E-state index in [1.54, 1.807) is 42.4 Å². The van der Waals surface area contributed by atoms with Gasteiger partial charge >= 0.3 is 0 Å². The van der Waals surface area contributed by atoms with Gasteiger partial charge in [0.2, 0.25) is 0 Å². The van der Waals surface area contributed by atoms with E-state index in [2.05, 4.69) is 11.1 Å². The molecule has 9 heteroatoms. The van der Waals surface area contributed by atoms with Crippen molar-refractivity contribution in [2.45, 2.75) is 13.5 Å². The Bertz CT molecular complexity index is 1410. The van der Waals surface area contributed by atoms with Crippen molar-refractivity contribution in [1.29, 1.82) is 5.26 Å². The molecular weight excluding hydrogens is 510 g/mol. The van der Waals surface area contributed by atoms with Crippen LogP contribution in [0.2, 0.25) is 5.02 Å². The van der Waals surface area contributed by atoms with E-state index in [0.717, 1.165) is 17.0 Å². The van der Waals surface area contributed by atoms with Crippen LogP contribution in [0.5, 0.6) is 17.2 Å². The predicted molar refractivity (Wildman–Crippen MR) is 147 cm³/mol. The molecule has 0 aromatic heterocycles. The minimum absolute atomic E-state index is 0.136. The Morgan fingerprint density at radius 1 is 1.11 bits per heavy atom. The van der Waals surface area contributed by atoms with Crippen molar-refractivity contribution in [3.05, 3.63) is 87.3 Å². The Labute approximate surface area is 224 Å². The number of halogens is 1. The molecule has 1 heterocycles. The van der Waals surface area contributed by atoms with E-state index in [-0.39, 0.29) is 12.5 Å². The number of ether oxygens (including phenoxy) is 3. The molecule has 1 amide bonds.